The Morgan fingerprint density at radius 3 is 2.41 bits per heavy atom. The van der Waals surface area contributed by atoms with Crippen molar-refractivity contribution in [2.45, 2.75) is 83.8 Å². The molecule has 1 aliphatic heterocycles. The molecule has 3 aromatic rings. The molecular formula is C33H38F3N5O8. The van der Waals surface area contributed by atoms with Crippen molar-refractivity contribution in [3.63, 3.8) is 0 Å². The number of pyridine rings is 1. The van der Waals surface area contributed by atoms with Gasteiger partial charge in [0.05, 0.1) is 19.8 Å². The summed E-state index contributed by atoms with van der Waals surface area (Å²) in [4.78, 5) is 62.2. The number of hydrogen-bond acceptors (Lipinski definition) is 10. The van der Waals surface area contributed by atoms with Crippen LogP contribution in [0, 0.1) is 5.92 Å². The Hall–Kier alpha value is -4.89. The van der Waals surface area contributed by atoms with E-state index in [0.717, 1.165) is 18.9 Å². The van der Waals surface area contributed by atoms with Crippen LogP contribution in [0.25, 0.3) is 22.4 Å². The Kier molecular flexibility index (Phi) is 9.79. The number of fused-ring (bicyclic) bond motifs is 1. The molecule has 2 fully saturated rings. The molecule has 2 N–H and O–H groups in total. The highest BCUT2D eigenvalue weighted by molar-refractivity contribution is 5.99. The number of nitrogens with one attached hydrogen (secondary N) is 2. The Morgan fingerprint density at radius 2 is 1.80 bits per heavy atom. The fraction of sp³-hybridized carbons (Fsp3) is 0.515. The van der Waals surface area contributed by atoms with E-state index < -0.39 is 53.6 Å². The highest BCUT2D eigenvalue weighted by Gasteiger charge is 2.44. The zero-order valence-electron chi connectivity index (χ0n) is 27.9. The summed E-state index contributed by atoms with van der Waals surface area (Å²) in [6.45, 7) is 8.20. The van der Waals surface area contributed by atoms with Gasteiger partial charge in [-0.1, -0.05) is 0 Å². The number of benzene rings is 1. The van der Waals surface area contributed by atoms with Gasteiger partial charge in [-0.2, -0.15) is 13.2 Å². The zero-order valence-corrected chi connectivity index (χ0v) is 27.9. The number of likely N-dealkylation sites (tertiary alicyclic amines) is 1. The monoisotopic (exact) mass is 689 g/mol. The van der Waals surface area contributed by atoms with Crippen molar-refractivity contribution >= 4 is 34.8 Å². The quantitative estimate of drug-likeness (QED) is 0.287. The lowest BCUT2D eigenvalue weighted by Crippen LogP contribution is -2.43. The molecule has 1 saturated heterocycles. The van der Waals surface area contributed by atoms with E-state index in [9.17, 15) is 32.3 Å². The number of carbonyl (C=O) groups excluding carboxylic acids is 4. The number of esters is 1. The molecule has 1 aliphatic carbocycles. The van der Waals surface area contributed by atoms with Gasteiger partial charge in [-0.05, 0) is 71.7 Å². The van der Waals surface area contributed by atoms with Crippen LogP contribution in [-0.2, 0) is 25.2 Å². The summed E-state index contributed by atoms with van der Waals surface area (Å²) >= 11 is 0. The third kappa shape index (κ3) is 7.89. The van der Waals surface area contributed by atoms with Gasteiger partial charge in [-0.25, -0.2) is 19.6 Å². The molecule has 1 saturated carbocycles. The molecule has 0 unspecified atom stereocenters. The van der Waals surface area contributed by atoms with Crippen LogP contribution >= 0.6 is 0 Å². The number of methoxy groups -OCH3 is 1. The zero-order chi connectivity index (χ0) is 35.8. The molecule has 3 heterocycles. The van der Waals surface area contributed by atoms with E-state index in [2.05, 4.69) is 20.6 Å². The van der Waals surface area contributed by atoms with E-state index >= 15 is 0 Å². The first-order valence-corrected chi connectivity index (χ1v) is 15.8. The summed E-state index contributed by atoms with van der Waals surface area (Å²) < 4.78 is 62.7. The molecule has 264 valence electrons. The predicted octanol–water partition coefficient (Wildman–Crippen LogP) is 5.18. The van der Waals surface area contributed by atoms with E-state index in [1.165, 1.54) is 37.1 Å². The van der Waals surface area contributed by atoms with Crippen molar-refractivity contribution in [2.24, 2.45) is 5.92 Å². The molecule has 3 atom stereocenters. The number of ether oxygens (including phenoxy) is 3. The lowest BCUT2D eigenvalue weighted by molar-refractivity contribution is -0.147. The Morgan fingerprint density at radius 1 is 1.08 bits per heavy atom. The molecular weight excluding hydrogens is 651 g/mol. The van der Waals surface area contributed by atoms with Crippen molar-refractivity contribution in [1.82, 2.24) is 25.5 Å². The van der Waals surface area contributed by atoms with Gasteiger partial charge in [0, 0.05) is 35.9 Å². The van der Waals surface area contributed by atoms with Crippen molar-refractivity contribution in [3.05, 3.63) is 41.4 Å². The second-order valence-corrected chi connectivity index (χ2v) is 12.9. The molecule has 0 bridgehead atoms. The first-order chi connectivity index (χ1) is 23.0. The van der Waals surface area contributed by atoms with Gasteiger partial charge in [0.15, 0.2) is 11.5 Å². The van der Waals surface area contributed by atoms with Gasteiger partial charge in [-0.3, -0.25) is 9.59 Å². The Bertz CT molecular complexity index is 1760. The third-order valence-corrected chi connectivity index (χ3v) is 7.96. The molecule has 3 amide bonds. The molecule has 49 heavy (non-hydrogen) atoms. The predicted molar refractivity (Wildman–Crippen MR) is 167 cm³/mol. The van der Waals surface area contributed by atoms with Gasteiger partial charge in [-0.15, -0.1) is 0 Å². The van der Waals surface area contributed by atoms with Crippen LogP contribution in [0.4, 0.5) is 18.0 Å². The fourth-order valence-electron chi connectivity index (χ4n) is 5.57. The van der Waals surface area contributed by atoms with Gasteiger partial charge in [0.25, 0.3) is 5.91 Å². The normalized spacial score (nSPS) is 18.6. The fourth-order valence-corrected chi connectivity index (χ4v) is 5.57. The molecule has 13 nitrogen and oxygen atoms in total. The van der Waals surface area contributed by atoms with Crippen molar-refractivity contribution in [1.29, 1.82) is 0 Å². The van der Waals surface area contributed by atoms with E-state index in [-0.39, 0.29) is 71.0 Å². The number of alkyl carbamates (subject to hydrolysis) is 1. The van der Waals surface area contributed by atoms with Crippen molar-refractivity contribution < 1.29 is 51.0 Å². The maximum Gasteiger partial charge on any atom is 0.433 e. The Balaban J connectivity index is 1.58. The van der Waals surface area contributed by atoms with E-state index in [4.69, 9.17) is 18.6 Å². The van der Waals surface area contributed by atoms with Crippen LogP contribution in [0.5, 0.6) is 5.75 Å². The standard InChI is InChI=1S/C33H38F3N5O8/c1-7-47-30(44)21-14-18(38-27(42)17-8-9-17)15-41(21)29(43)25-26(16(2)37-31(45)49-32(3,4)5)48-28(40-25)20-10-12-22(46-6)24-19(20)11-13-23(39-24)33(34,35)36/h10-13,16-18,21H,7-9,14-15H2,1-6H3,(H,37,45)(H,38,42)/t16-,18+,21-/m0/s1. The van der Waals surface area contributed by atoms with E-state index in [1.54, 1.807) is 27.7 Å². The van der Waals surface area contributed by atoms with Crippen LogP contribution in [0.2, 0.25) is 0 Å². The summed E-state index contributed by atoms with van der Waals surface area (Å²) in [6.07, 6.45) is -3.91. The number of carbonyl (C=O) groups is 4. The molecule has 0 spiro atoms. The number of halogens is 3. The number of amides is 3. The summed E-state index contributed by atoms with van der Waals surface area (Å²) in [5.74, 6) is -1.90. The van der Waals surface area contributed by atoms with Crippen LogP contribution < -0.4 is 15.4 Å². The third-order valence-electron chi connectivity index (χ3n) is 7.96. The first-order valence-electron chi connectivity index (χ1n) is 15.8. The van der Waals surface area contributed by atoms with E-state index in [0.29, 0.717) is 0 Å². The Labute approximate surface area is 279 Å². The highest BCUT2D eigenvalue weighted by atomic mass is 19.4. The molecule has 2 aromatic heterocycles. The number of alkyl halides is 3. The van der Waals surface area contributed by atoms with E-state index in [1.807, 2.05) is 0 Å². The number of oxazole rings is 1. The lowest BCUT2D eigenvalue weighted by atomic mass is 10.1. The summed E-state index contributed by atoms with van der Waals surface area (Å²) in [6, 6.07) is 2.27. The van der Waals surface area contributed by atoms with Gasteiger partial charge < -0.3 is 34.2 Å². The number of nitrogens with zero attached hydrogens (tertiary/aromatic N) is 3. The van der Waals surface area contributed by atoms with Gasteiger partial charge in [0.2, 0.25) is 11.8 Å². The maximum atomic E-state index is 14.3. The summed E-state index contributed by atoms with van der Waals surface area (Å²) in [5, 5.41) is 5.71. The molecule has 16 heteroatoms. The SMILES string of the molecule is CCOC(=O)[C@@H]1C[C@@H](NC(=O)C2CC2)CN1C(=O)c1nc(-c2ccc(OC)c3nc(C(F)(F)F)ccc23)oc1[C@H](C)NC(=O)OC(C)(C)C. The molecule has 1 aromatic carbocycles. The van der Waals surface area contributed by atoms with Gasteiger partial charge >= 0.3 is 18.2 Å². The maximum absolute atomic E-state index is 14.3. The minimum absolute atomic E-state index is 0.0358. The summed E-state index contributed by atoms with van der Waals surface area (Å²) in [7, 11) is 1.29. The number of aromatic nitrogens is 2. The minimum atomic E-state index is -4.73. The van der Waals surface area contributed by atoms with Crippen LogP contribution in [-0.4, -0.2) is 76.7 Å². The van der Waals surface area contributed by atoms with Gasteiger partial charge in [0.1, 0.15) is 28.6 Å². The second-order valence-electron chi connectivity index (χ2n) is 12.9. The minimum Gasteiger partial charge on any atom is -0.494 e. The lowest BCUT2D eigenvalue weighted by Gasteiger charge is -2.23. The topological polar surface area (TPSA) is 162 Å². The number of rotatable bonds is 9. The molecule has 5 rings (SSSR count). The first kappa shape index (κ1) is 35.4. The van der Waals surface area contributed by atoms with Crippen molar-refractivity contribution in [3.8, 4) is 17.2 Å². The van der Waals surface area contributed by atoms with Crippen molar-refractivity contribution in [2.75, 3.05) is 20.3 Å². The molecule has 0 radical (unpaired) electrons. The highest BCUT2D eigenvalue weighted by Crippen LogP contribution is 2.38. The summed E-state index contributed by atoms with van der Waals surface area (Å²) in [5.41, 5.74) is -2.21. The van der Waals surface area contributed by atoms with Crippen LogP contribution in [0.3, 0.4) is 0 Å². The average Bonchev–Trinajstić information content (AvgIpc) is 3.64. The average molecular weight is 690 g/mol. The van der Waals surface area contributed by atoms with Crippen LogP contribution in [0.15, 0.2) is 28.7 Å². The number of hydrogen-bond donors (Lipinski definition) is 2. The second kappa shape index (κ2) is 13.6. The smallest absolute Gasteiger partial charge is 0.433 e. The largest absolute Gasteiger partial charge is 0.494 e. The molecule has 2 aliphatic rings. The van der Waals surface area contributed by atoms with Crippen LogP contribution in [0.1, 0.15) is 81.9 Å².